The third kappa shape index (κ3) is 5.95. The molecule has 2 aliphatic heterocycles. The Hall–Kier alpha value is -1.10. The van der Waals surface area contributed by atoms with Gasteiger partial charge in [0.25, 0.3) is 0 Å². The summed E-state index contributed by atoms with van der Waals surface area (Å²) in [5.74, 6) is 0.893. The number of likely N-dealkylation sites (tertiary alicyclic amines) is 2. The summed E-state index contributed by atoms with van der Waals surface area (Å²) in [6.45, 7) is 4.95. The SMILES string of the molecule is CN(C)[C@@H]1CCN(Cc2ccccc2Cl)C[C@@H]1CCC(=O)N1CCCCCC1. The van der Waals surface area contributed by atoms with Gasteiger partial charge in [0.05, 0.1) is 0 Å². The van der Waals surface area contributed by atoms with Crippen molar-refractivity contribution in [2.75, 3.05) is 40.3 Å². The molecule has 0 radical (unpaired) electrons. The van der Waals surface area contributed by atoms with E-state index < -0.39 is 0 Å². The molecule has 0 spiro atoms. The Kier molecular flexibility index (Phi) is 8.19. The van der Waals surface area contributed by atoms with Crippen LogP contribution in [0.15, 0.2) is 24.3 Å². The second kappa shape index (κ2) is 10.6. The third-order valence-corrected chi connectivity index (χ3v) is 6.85. The molecule has 2 saturated heterocycles. The lowest BCUT2D eigenvalue weighted by molar-refractivity contribution is -0.131. The maximum absolute atomic E-state index is 12.8. The molecule has 2 heterocycles. The zero-order valence-corrected chi connectivity index (χ0v) is 18.3. The molecular formula is C23H36ClN3O. The van der Waals surface area contributed by atoms with Crippen LogP contribution in [0.4, 0.5) is 0 Å². The summed E-state index contributed by atoms with van der Waals surface area (Å²) >= 11 is 6.38. The second-order valence-electron chi connectivity index (χ2n) is 8.74. The van der Waals surface area contributed by atoms with Gasteiger partial charge in [0.1, 0.15) is 0 Å². The van der Waals surface area contributed by atoms with Crippen LogP contribution in [0.5, 0.6) is 0 Å². The standard InChI is InChI=1S/C23H36ClN3O/c1-25(2)22-13-16-26(17-19-9-5-6-10-21(19)24)18-20(22)11-12-23(28)27-14-7-3-4-8-15-27/h5-6,9-10,20,22H,3-4,7-8,11-18H2,1-2H3/t20-,22+/m0/s1. The number of hydrogen-bond acceptors (Lipinski definition) is 3. The Bertz CT molecular complexity index is 628. The summed E-state index contributed by atoms with van der Waals surface area (Å²) in [5, 5.41) is 0.852. The Morgan fingerprint density at radius 2 is 1.82 bits per heavy atom. The molecule has 0 aromatic heterocycles. The summed E-state index contributed by atoms with van der Waals surface area (Å²) in [5.41, 5.74) is 1.20. The number of carbonyl (C=O) groups is 1. The molecule has 0 unspecified atom stereocenters. The molecule has 0 aliphatic carbocycles. The zero-order chi connectivity index (χ0) is 19.9. The molecule has 2 atom stereocenters. The Labute approximate surface area is 175 Å². The first-order chi connectivity index (χ1) is 13.5. The maximum atomic E-state index is 12.8. The molecule has 0 N–H and O–H groups in total. The minimum atomic E-state index is 0.364. The number of rotatable bonds is 6. The average molecular weight is 406 g/mol. The van der Waals surface area contributed by atoms with Gasteiger partial charge in [-0.2, -0.15) is 0 Å². The predicted molar refractivity (Wildman–Crippen MR) is 117 cm³/mol. The van der Waals surface area contributed by atoms with Crippen molar-refractivity contribution in [1.29, 1.82) is 0 Å². The maximum Gasteiger partial charge on any atom is 0.222 e. The monoisotopic (exact) mass is 405 g/mol. The highest BCUT2D eigenvalue weighted by Gasteiger charge is 2.31. The quantitative estimate of drug-likeness (QED) is 0.706. The van der Waals surface area contributed by atoms with Crippen molar-refractivity contribution in [2.24, 2.45) is 5.92 Å². The lowest BCUT2D eigenvalue weighted by Gasteiger charge is -2.42. The molecule has 3 rings (SSSR count). The summed E-state index contributed by atoms with van der Waals surface area (Å²) in [6, 6.07) is 8.70. The van der Waals surface area contributed by atoms with Gasteiger partial charge in [-0.3, -0.25) is 9.69 Å². The highest BCUT2D eigenvalue weighted by atomic mass is 35.5. The molecular weight excluding hydrogens is 370 g/mol. The van der Waals surface area contributed by atoms with E-state index in [2.05, 4.69) is 40.9 Å². The minimum absolute atomic E-state index is 0.364. The number of piperidine rings is 1. The van der Waals surface area contributed by atoms with Crippen LogP contribution < -0.4 is 0 Å². The van der Waals surface area contributed by atoms with Crippen LogP contribution in [0, 0.1) is 5.92 Å². The van der Waals surface area contributed by atoms with Crippen LogP contribution >= 0.6 is 11.6 Å². The number of benzene rings is 1. The van der Waals surface area contributed by atoms with Gasteiger partial charge in [-0.15, -0.1) is 0 Å². The summed E-state index contributed by atoms with van der Waals surface area (Å²) < 4.78 is 0. The van der Waals surface area contributed by atoms with Crippen LogP contribution in [0.2, 0.25) is 5.02 Å². The van der Waals surface area contributed by atoms with Crippen molar-refractivity contribution in [3.8, 4) is 0 Å². The lowest BCUT2D eigenvalue weighted by Crippen LogP contribution is -2.48. The van der Waals surface area contributed by atoms with E-state index in [1.54, 1.807) is 0 Å². The van der Waals surface area contributed by atoms with E-state index >= 15 is 0 Å². The Balaban J connectivity index is 1.57. The van der Waals surface area contributed by atoms with Crippen LogP contribution in [0.25, 0.3) is 0 Å². The Morgan fingerprint density at radius 3 is 2.50 bits per heavy atom. The van der Waals surface area contributed by atoms with Gasteiger partial charge in [-0.1, -0.05) is 42.6 Å². The lowest BCUT2D eigenvalue weighted by atomic mass is 9.87. The highest BCUT2D eigenvalue weighted by molar-refractivity contribution is 6.31. The van der Waals surface area contributed by atoms with E-state index in [9.17, 15) is 4.79 Å². The molecule has 1 aromatic carbocycles. The molecule has 156 valence electrons. The number of nitrogens with zero attached hydrogens (tertiary/aromatic N) is 3. The van der Waals surface area contributed by atoms with E-state index in [-0.39, 0.29) is 0 Å². The van der Waals surface area contributed by atoms with E-state index in [0.717, 1.165) is 50.6 Å². The van der Waals surface area contributed by atoms with Gasteiger partial charge >= 0.3 is 0 Å². The second-order valence-corrected chi connectivity index (χ2v) is 9.15. The number of amides is 1. The largest absolute Gasteiger partial charge is 0.343 e. The van der Waals surface area contributed by atoms with Gasteiger partial charge in [0.2, 0.25) is 5.91 Å². The van der Waals surface area contributed by atoms with Crippen molar-refractivity contribution < 1.29 is 4.79 Å². The number of hydrogen-bond donors (Lipinski definition) is 0. The first-order valence-corrected chi connectivity index (χ1v) is 11.3. The van der Waals surface area contributed by atoms with Gasteiger partial charge < -0.3 is 9.80 Å². The van der Waals surface area contributed by atoms with Crippen molar-refractivity contribution in [1.82, 2.24) is 14.7 Å². The van der Waals surface area contributed by atoms with Crippen molar-refractivity contribution >= 4 is 17.5 Å². The van der Waals surface area contributed by atoms with Crippen molar-refractivity contribution in [3.63, 3.8) is 0 Å². The van der Waals surface area contributed by atoms with Crippen LogP contribution in [-0.2, 0) is 11.3 Å². The van der Waals surface area contributed by atoms with E-state index in [0.29, 0.717) is 24.3 Å². The van der Waals surface area contributed by atoms with E-state index in [1.807, 2.05) is 12.1 Å². The molecule has 1 amide bonds. The van der Waals surface area contributed by atoms with Crippen molar-refractivity contribution in [3.05, 3.63) is 34.9 Å². The topological polar surface area (TPSA) is 26.8 Å². The number of carbonyl (C=O) groups excluding carboxylic acids is 1. The summed E-state index contributed by atoms with van der Waals surface area (Å²) in [4.78, 5) is 19.8. The van der Waals surface area contributed by atoms with Gasteiger partial charge in [0.15, 0.2) is 0 Å². The summed E-state index contributed by atoms with van der Waals surface area (Å²) in [7, 11) is 4.36. The van der Waals surface area contributed by atoms with Gasteiger partial charge in [0, 0.05) is 43.7 Å². The zero-order valence-electron chi connectivity index (χ0n) is 17.6. The van der Waals surface area contributed by atoms with Gasteiger partial charge in [-0.25, -0.2) is 0 Å². The first kappa shape index (κ1) is 21.6. The van der Waals surface area contributed by atoms with Crippen LogP contribution in [-0.4, -0.2) is 66.9 Å². The van der Waals surface area contributed by atoms with Gasteiger partial charge in [-0.05, 0) is 63.9 Å². The van der Waals surface area contributed by atoms with Crippen LogP contribution in [0.3, 0.4) is 0 Å². The molecule has 4 nitrogen and oxygen atoms in total. The third-order valence-electron chi connectivity index (χ3n) is 6.48. The van der Waals surface area contributed by atoms with E-state index in [4.69, 9.17) is 11.6 Å². The average Bonchev–Trinajstić information content (AvgIpc) is 2.97. The fraction of sp³-hybridized carbons (Fsp3) is 0.696. The predicted octanol–water partition coefficient (Wildman–Crippen LogP) is 4.27. The summed E-state index contributed by atoms with van der Waals surface area (Å²) in [6.07, 6.45) is 7.70. The van der Waals surface area contributed by atoms with Crippen molar-refractivity contribution in [2.45, 2.75) is 57.5 Å². The molecule has 28 heavy (non-hydrogen) atoms. The number of halogens is 1. The molecule has 1 aromatic rings. The molecule has 0 bridgehead atoms. The van der Waals surface area contributed by atoms with E-state index in [1.165, 1.54) is 31.2 Å². The fourth-order valence-electron chi connectivity index (χ4n) is 4.86. The fourth-order valence-corrected chi connectivity index (χ4v) is 5.05. The first-order valence-electron chi connectivity index (χ1n) is 10.9. The minimum Gasteiger partial charge on any atom is -0.343 e. The normalized spacial score (nSPS) is 24.4. The molecule has 2 aliphatic rings. The van der Waals surface area contributed by atoms with Crippen LogP contribution in [0.1, 0.15) is 50.5 Å². The smallest absolute Gasteiger partial charge is 0.222 e. The Morgan fingerprint density at radius 1 is 1.11 bits per heavy atom. The molecule has 5 heteroatoms. The molecule has 2 fully saturated rings. The highest BCUT2D eigenvalue weighted by Crippen LogP contribution is 2.28. The molecule has 0 saturated carbocycles.